The molecule has 1 unspecified atom stereocenters. The number of nitrogen functional groups attached to an aromatic ring is 1. The maximum Gasteiger partial charge on any atom is 0.498 e. The van der Waals surface area contributed by atoms with E-state index in [0.29, 0.717) is 15.6 Å². The summed E-state index contributed by atoms with van der Waals surface area (Å²) < 4.78 is 30.3. The molecule has 2 aromatic rings. The van der Waals surface area contributed by atoms with Crippen molar-refractivity contribution in [1.82, 2.24) is 4.98 Å². The Hall–Kier alpha value is -2.53. The molecule has 2 heterocycles. The summed E-state index contributed by atoms with van der Waals surface area (Å²) in [5.74, 6) is -2.04. The fourth-order valence-corrected chi connectivity index (χ4v) is 4.76. The van der Waals surface area contributed by atoms with E-state index in [-0.39, 0.29) is 28.3 Å². The smallest absolute Gasteiger partial charge is 0.481 e. The number of halogens is 2. The molecule has 1 atom stereocenters. The number of hydrogen-bond donors (Lipinski definition) is 1. The highest BCUT2D eigenvalue weighted by Gasteiger charge is 2.55. The number of carbonyl (C=O) groups is 2. The number of nitrogens with two attached hydrogens (primary N) is 1. The van der Waals surface area contributed by atoms with Gasteiger partial charge in [0.1, 0.15) is 22.9 Å². The first-order valence-electron chi connectivity index (χ1n) is 13.3. The molecule has 2 N–H and O–H groups in total. The maximum atomic E-state index is 13.9. The Bertz CT molecular complexity index is 1310. The zero-order valence-electron chi connectivity index (χ0n) is 25.5. The van der Waals surface area contributed by atoms with E-state index in [1.54, 1.807) is 66.7 Å². The summed E-state index contributed by atoms with van der Waals surface area (Å²) in [6.07, 6.45) is -0.792. The zero-order chi connectivity index (χ0) is 31.3. The van der Waals surface area contributed by atoms with Crippen LogP contribution in [0.4, 0.5) is 5.82 Å². The Balaban J connectivity index is 2.35. The summed E-state index contributed by atoms with van der Waals surface area (Å²) in [4.78, 5) is 31.9. The highest BCUT2D eigenvalue weighted by atomic mass is 35.5. The number of pyridine rings is 1. The number of esters is 2. The number of carbonyl (C=O) groups excluding carboxylic acids is 2. The Kier molecular flexibility index (Phi) is 9.08. The standard InChI is InChI=1S/C29H39BCl2N2O7/c1-15(18-16(31)13-12-14-17(18)32)37-22-19(24(35)38-26(2,3)4)20(30-40-28(8,9)29(10,11)41-30)21(34-23(22)33)25(36)39-27(5,6)7/h12-15H,1-11H3,(H2,33,34). The van der Waals surface area contributed by atoms with Gasteiger partial charge in [-0.15, -0.1) is 0 Å². The van der Waals surface area contributed by atoms with E-state index in [0.717, 1.165) is 0 Å². The second-order valence-electron chi connectivity index (χ2n) is 13.0. The van der Waals surface area contributed by atoms with E-state index >= 15 is 0 Å². The zero-order valence-corrected chi connectivity index (χ0v) is 27.0. The summed E-state index contributed by atoms with van der Waals surface area (Å²) >= 11 is 12.9. The van der Waals surface area contributed by atoms with Crippen LogP contribution in [0.3, 0.4) is 0 Å². The van der Waals surface area contributed by atoms with Crippen molar-refractivity contribution < 1.29 is 33.1 Å². The first-order chi connectivity index (χ1) is 18.5. The quantitative estimate of drug-likeness (QED) is 0.297. The van der Waals surface area contributed by atoms with Crippen LogP contribution in [-0.2, 0) is 18.8 Å². The molecule has 0 aliphatic carbocycles. The van der Waals surface area contributed by atoms with Crippen LogP contribution in [0.15, 0.2) is 18.2 Å². The first kappa shape index (κ1) is 33.0. The van der Waals surface area contributed by atoms with Gasteiger partial charge in [0.2, 0.25) is 0 Å². The molecule has 1 aliphatic rings. The predicted molar refractivity (Wildman–Crippen MR) is 160 cm³/mol. The van der Waals surface area contributed by atoms with E-state index in [4.69, 9.17) is 52.5 Å². The van der Waals surface area contributed by atoms with Crippen molar-refractivity contribution in [3.63, 3.8) is 0 Å². The summed E-state index contributed by atoms with van der Waals surface area (Å²) in [5.41, 5.74) is 2.98. The summed E-state index contributed by atoms with van der Waals surface area (Å²) in [6, 6.07) is 5.04. The molecular formula is C29H39BCl2N2O7. The highest BCUT2D eigenvalue weighted by molar-refractivity contribution is 6.65. The SMILES string of the molecule is CC(Oc1c(N)nc(C(=O)OC(C)(C)C)c(B2OC(C)(C)C(C)(C)O2)c1C(=O)OC(C)(C)C)c1c(Cl)cccc1Cl. The maximum absolute atomic E-state index is 13.9. The van der Waals surface area contributed by atoms with Crippen molar-refractivity contribution in [1.29, 1.82) is 0 Å². The summed E-state index contributed by atoms with van der Waals surface area (Å²) in [6.45, 7) is 19.4. The molecule has 1 saturated heterocycles. The van der Waals surface area contributed by atoms with Crippen molar-refractivity contribution in [3.8, 4) is 5.75 Å². The number of ether oxygens (including phenoxy) is 3. The molecule has 0 amide bonds. The van der Waals surface area contributed by atoms with Crippen molar-refractivity contribution in [3.05, 3.63) is 45.1 Å². The number of nitrogens with zero attached hydrogens (tertiary/aromatic N) is 1. The second-order valence-corrected chi connectivity index (χ2v) is 13.8. The fraction of sp³-hybridized carbons (Fsp3) is 0.552. The molecule has 0 spiro atoms. The van der Waals surface area contributed by atoms with E-state index < -0.39 is 47.6 Å². The first-order valence-corrected chi connectivity index (χ1v) is 14.1. The van der Waals surface area contributed by atoms with Crippen molar-refractivity contribution >= 4 is 53.5 Å². The van der Waals surface area contributed by atoms with Crippen LogP contribution in [0.25, 0.3) is 0 Å². The van der Waals surface area contributed by atoms with Gasteiger partial charge in [0, 0.05) is 21.1 Å². The van der Waals surface area contributed by atoms with Crippen LogP contribution < -0.4 is 15.9 Å². The van der Waals surface area contributed by atoms with E-state index in [1.807, 2.05) is 27.7 Å². The number of aromatic nitrogens is 1. The Morgan fingerprint density at radius 3 is 1.85 bits per heavy atom. The molecule has 0 radical (unpaired) electrons. The van der Waals surface area contributed by atoms with Gasteiger partial charge in [-0.3, -0.25) is 0 Å². The molecule has 224 valence electrons. The van der Waals surface area contributed by atoms with Gasteiger partial charge in [0.15, 0.2) is 17.3 Å². The van der Waals surface area contributed by atoms with Gasteiger partial charge in [-0.05, 0) is 88.3 Å². The Morgan fingerprint density at radius 2 is 1.39 bits per heavy atom. The van der Waals surface area contributed by atoms with Gasteiger partial charge < -0.3 is 29.3 Å². The predicted octanol–water partition coefficient (Wildman–Crippen LogP) is 6.32. The molecule has 9 nitrogen and oxygen atoms in total. The lowest BCUT2D eigenvalue weighted by molar-refractivity contribution is 0.00578. The van der Waals surface area contributed by atoms with Gasteiger partial charge >= 0.3 is 19.1 Å². The van der Waals surface area contributed by atoms with Crippen LogP contribution >= 0.6 is 23.2 Å². The minimum Gasteiger partial charge on any atom is -0.481 e. The summed E-state index contributed by atoms with van der Waals surface area (Å²) in [5, 5.41) is 0.707. The molecule has 1 aromatic carbocycles. The molecule has 12 heteroatoms. The van der Waals surface area contributed by atoms with E-state index in [1.165, 1.54) is 0 Å². The van der Waals surface area contributed by atoms with E-state index in [2.05, 4.69) is 4.98 Å². The van der Waals surface area contributed by atoms with Gasteiger partial charge in [0.05, 0.1) is 11.2 Å². The minimum absolute atomic E-state index is 0.0196. The van der Waals surface area contributed by atoms with Gasteiger partial charge in [0.25, 0.3) is 0 Å². The Morgan fingerprint density at radius 1 is 0.927 bits per heavy atom. The molecule has 0 bridgehead atoms. The van der Waals surface area contributed by atoms with Gasteiger partial charge in [-0.1, -0.05) is 29.3 Å². The number of anilines is 1. The van der Waals surface area contributed by atoms with Crippen molar-refractivity contribution in [2.45, 2.75) is 105 Å². The lowest BCUT2D eigenvalue weighted by Crippen LogP contribution is -2.45. The molecule has 1 fully saturated rings. The average Bonchev–Trinajstić information content (AvgIpc) is 2.98. The third-order valence-corrected chi connectivity index (χ3v) is 7.26. The molecule has 1 aliphatic heterocycles. The van der Waals surface area contributed by atoms with Crippen LogP contribution in [0.2, 0.25) is 10.0 Å². The highest BCUT2D eigenvalue weighted by Crippen LogP contribution is 2.40. The van der Waals surface area contributed by atoms with E-state index in [9.17, 15) is 9.59 Å². The van der Waals surface area contributed by atoms with Crippen molar-refractivity contribution in [2.24, 2.45) is 0 Å². The van der Waals surface area contributed by atoms with Crippen LogP contribution in [0, 0.1) is 0 Å². The lowest BCUT2D eigenvalue weighted by Gasteiger charge is -2.32. The lowest BCUT2D eigenvalue weighted by atomic mass is 9.74. The van der Waals surface area contributed by atoms with Crippen molar-refractivity contribution in [2.75, 3.05) is 5.73 Å². The normalized spacial score (nSPS) is 17.2. The van der Waals surface area contributed by atoms with Crippen LogP contribution in [0.1, 0.15) is 109 Å². The minimum atomic E-state index is -1.22. The Labute approximate surface area is 252 Å². The molecule has 3 rings (SSSR count). The molecule has 1 aromatic heterocycles. The molecule has 0 saturated carbocycles. The number of benzene rings is 1. The van der Waals surface area contributed by atoms with Crippen LogP contribution in [0.5, 0.6) is 5.75 Å². The second kappa shape index (κ2) is 11.3. The van der Waals surface area contributed by atoms with Crippen LogP contribution in [-0.4, -0.2) is 46.4 Å². The monoisotopic (exact) mass is 608 g/mol. The molecular weight excluding hydrogens is 570 g/mol. The summed E-state index contributed by atoms with van der Waals surface area (Å²) in [7, 11) is -1.22. The average molecular weight is 609 g/mol. The third-order valence-electron chi connectivity index (χ3n) is 6.60. The number of rotatable bonds is 6. The largest absolute Gasteiger partial charge is 0.498 e. The fourth-order valence-electron chi connectivity index (χ4n) is 4.06. The molecule has 41 heavy (non-hydrogen) atoms. The number of hydrogen-bond acceptors (Lipinski definition) is 9. The third kappa shape index (κ3) is 7.28. The van der Waals surface area contributed by atoms with Gasteiger partial charge in [-0.2, -0.15) is 0 Å². The topological polar surface area (TPSA) is 119 Å². The van der Waals surface area contributed by atoms with Gasteiger partial charge in [-0.25, -0.2) is 14.6 Å².